The Hall–Kier alpha value is -2.69. The summed E-state index contributed by atoms with van der Waals surface area (Å²) < 4.78 is 0. The summed E-state index contributed by atoms with van der Waals surface area (Å²) in [4.78, 5) is 4.70. The summed E-state index contributed by atoms with van der Waals surface area (Å²) in [7, 11) is 0. The highest BCUT2D eigenvalue weighted by Gasteiger charge is 2.27. The van der Waals surface area contributed by atoms with Gasteiger partial charge in [0.2, 0.25) is 5.96 Å². The Morgan fingerprint density at radius 1 is 1.09 bits per heavy atom. The van der Waals surface area contributed by atoms with Crippen LogP contribution in [0.3, 0.4) is 0 Å². The first-order valence-corrected chi connectivity index (χ1v) is 7.72. The quantitative estimate of drug-likeness (QED) is 0.507. The lowest BCUT2D eigenvalue weighted by Gasteiger charge is -2.26. The van der Waals surface area contributed by atoms with E-state index in [-0.39, 0.29) is 5.96 Å². The van der Waals surface area contributed by atoms with Gasteiger partial charge in [0.1, 0.15) is 0 Å². The van der Waals surface area contributed by atoms with Crippen LogP contribution in [0.5, 0.6) is 0 Å². The van der Waals surface area contributed by atoms with Crippen LogP contribution in [-0.4, -0.2) is 16.7 Å². The van der Waals surface area contributed by atoms with Crippen molar-refractivity contribution in [3.8, 4) is 0 Å². The van der Waals surface area contributed by atoms with E-state index in [2.05, 4.69) is 47.5 Å². The summed E-state index contributed by atoms with van der Waals surface area (Å²) in [6, 6.07) is 12.5. The molecule has 0 radical (unpaired) electrons. The van der Waals surface area contributed by atoms with E-state index in [0.29, 0.717) is 5.92 Å². The molecule has 1 aliphatic rings. The van der Waals surface area contributed by atoms with Crippen molar-refractivity contribution in [2.45, 2.75) is 32.6 Å². The van der Waals surface area contributed by atoms with Gasteiger partial charge in [0.15, 0.2) is 0 Å². The molecule has 5 nitrogen and oxygen atoms in total. The highest BCUT2D eigenvalue weighted by atomic mass is 15.3. The molecule has 1 atom stereocenters. The maximum Gasteiger partial charge on any atom is 0.211 e. The molecule has 0 amide bonds. The molecule has 23 heavy (non-hydrogen) atoms. The van der Waals surface area contributed by atoms with Crippen LogP contribution in [0.25, 0.3) is 0 Å². The molecule has 0 bridgehead atoms. The van der Waals surface area contributed by atoms with Crippen molar-refractivity contribution in [3.05, 3.63) is 64.5 Å². The van der Waals surface area contributed by atoms with Crippen molar-refractivity contribution < 1.29 is 0 Å². The average molecular weight is 307 g/mol. The third-order valence-electron chi connectivity index (χ3n) is 4.22. The Kier molecular flexibility index (Phi) is 4.10. The van der Waals surface area contributed by atoms with E-state index in [9.17, 15) is 0 Å². The molecule has 118 valence electrons. The highest BCUT2D eigenvalue weighted by Crippen LogP contribution is 2.33. The smallest absolute Gasteiger partial charge is 0.211 e. The normalized spacial score (nSPS) is 18.5. The molecule has 1 unspecified atom stereocenters. The summed E-state index contributed by atoms with van der Waals surface area (Å²) in [6.07, 6.45) is 1.71. The second-order valence-corrected chi connectivity index (χ2v) is 5.98. The van der Waals surface area contributed by atoms with Gasteiger partial charge in [-0.05, 0) is 55.9 Å². The molecule has 4 N–H and O–H groups in total. The summed E-state index contributed by atoms with van der Waals surface area (Å²) in [5.41, 5.74) is 17.5. The molecule has 0 spiro atoms. The number of guanidine groups is 1. The van der Waals surface area contributed by atoms with Gasteiger partial charge in [0, 0.05) is 11.3 Å². The fourth-order valence-electron chi connectivity index (χ4n) is 3.16. The number of nitrogens with zero attached hydrogens (tertiary/aromatic N) is 3. The van der Waals surface area contributed by atoms with Crippen molar-refractivity contribution in [2.75, 3.05) is 0 Å². The van der Waals surface area contributed by atoms with E-state index in [4.69, 9.17) is 16.5 Å². The molecule has 2 aromatic rings. The van der Waals surface area contributed by atoms with Gasteiger partial charge in [0.05, 0.1) is 11.4 Å². The standard InChI is InChI=1S/C18H21N5/c1-11-5-3-4-6-14(11)13-9-16-15(8-7-12(2)21-16)17(10-13)22-23-18(19)20/h3-8,13H,9-10H2,1-2H3,(H4,19,20,23). The third-order valence-corrected chi connectivity index (χ3v) is 4.22. The van der Waals surface area contributed by atoms with E-state index in [1.165, 1.54) is 11.1 Å². The van der Waals surface area contributed by atoms with Crippen molar-refractivity contribution in [3.63, 3.8) is 0 Å². The van der Waals surface area contributed by atoms with Crippen molar-refractivity contribution >= 4 is 11.7 Å². The molecule has 1 aromatic heterocycles. The van der Waals surface area contributed by atoms with E-state index in [1.807, 2.05) is 13.0 Å². The monoisotopic (exact) mass is 307 g/mol. The number of aryl methyl sites for hydroxylation is 2. The minimum Gasteiger partial charge on any atom is -0.369 e. The van der Waals surface area contributed by atoms with Crippen molar-refractivity contribution in [1.82, 2.24) is 4.98 Å². The topological polar surface area (TPSA) is 89.6 Å². The van der Waals surface area contributed by atoms with Crippen LogP contribution >= 0.6 is 0 Å². The van der Waals surface area contributed by atoms with Crippen molar-refractivity contribution in [2.24, 2.45) is 21.7 Å². The first kappa shape index (κ1) is 15.2. The largest absolute Gasteiger partial charge is 0.369 e. The van der Waals surface area contributed by atoms with Gasteiger partial charge in [-0.3, -0.25) is 4.98 Å². The molecule has 0 saturated carbocycles. The summed E-state index contributed by atoms with van der Waals surface area (Å²) in [5.74, 6) is 0.308. The fourth-order valence-corrected chi connectivity index (χ4v) is 3.16. The Bertz CT molecular complexity index is 788. The fraction of sp³-hybridized carbons (Fsp3) is 0.278. The number of pyridine rings is 1. The summed E-state index contributed by atoms with van der Waals surface area (Å²) in [5, 5.41) is 8.13. The number of aromatic nitrogens is 1. The third kappa shape index (κ3) is 3.23. The number of hydrogen-bond acceptors (Lipinski definition) is 3. The van der Waals surface area contributed by atoms with Crippen LogP contribution in [0, 0.1) is 13.8 Å². The Labute approximate surface area is 136 Å². The second kappa shape index (κ2) is 6.20. The maximum absolute atomic E-state index is 5.43. The van der Waals surface area contributed by atoms with Crippen LogP contribution in [0.15, 0.2) is 46.6 Å². The molecule has 1 heterocycles. The van der Waals surface area contributed by atoms with Gasteiger partial charge in [-0.2, -0.15) is 5.10 Å². The van der Waals surface area contributed by atoms with E-state index < -0.39 is 0 Å². The van der Waals surface area contributed by atoms with Gasteiger partial charge < -0.3 is 11.5 Å². The van der Waals surface area contributed by atoms with Crippen molar-refractivity contribution in [1.29, 1.82) is 0 Å². The molecular formula is C18H21N5. The number of fused-ring (bicyclic) bond motifs is 1. The molecular weight excluding hydrogens is 286 g/mol. The lowest BCUT2D eigenvalue weighted by atomic mass is 9.80. The highest BCUT2D eigenvalue weighted by molar-refractivity contribution is 6.03. The number of nitrogens with two attached hydrogens (primary N) is 2. The van der Waals surface area contributed by atoms with Gasteiger partial charge in [-0.15, -0.1) is 5.10 Å². The minimum atomic E-state index is -0.0304. The van der Waals surface area contributed by atoms with Gasteiger partial charge >= 0.3 is 0 Å². The molecule has 3 rings (SSSR count). The lowest BCUT2D eigenvalue weighted by Crippen LogP contribution is -2.24. The van der Waals surface area contributed by atoms with Gasteiger partial charge in [0.25, 0.3) is 0 Å². The van der Waals surface area contributed by atoms with Crippen LogP contribution < -0.4 is 11.5 Å². The molecule has 0 aliphatic heterocycles. The molecule has 1 aromatic carbocycles. The number of rotatable bonds is 2. The van der Waals surface area contributed by atoms with Crippen LogP contribution in [-0.2, 0) is 6.42 Å². The Balaban J connectivity index is 2.06. The van der Waals surface area contributed by atoms with Crippen LogP contribution in [0.1, 0.15) is 40.4 Å². The SMILES string of the molecule is Cc1ccc2c(n1)CC(c1ccccc1C)CC2=NN=C(N)N. The molecule has 0 saturated heterocycles. The van der Waals surface area contributed by atoms with Crippen LogP contribution in [0.4, 0.5) is 0 Å². The minimum absolute atomic E-state index is 0.0304. The summed E-state index contributed by atoms with van der Waals surface area (Å²) in [6.45, 7) is 4.14. The second-order valence-electron chi connectivity index (χ2n) is 5.98. The maximum atomic E-state index is 5.43. The predicted octanol–water partition coefficient (Wildman–Crippen LogP) is 2.41. The lowest BCUT2D eigenvalue weighted by molar-refractivity contribution is 0.672. The van der Waals surface area contributed by atoms with E-state index in [1.54, 1.807) is 0 Å². The molecule has 5 heteroatoms. The first-order valence-electron chi connectivity index (χ1n) is 7.72. The first-order chi connectivity index (χ1) is 11.0. The summed E-state index contributed by atoms with van der Waals surface area (Å²) >= 11 is 0. The zero-order valence-corrected chi connectivity index (χ0v) is 13.5. The van der Waals surface area contributed by atoms with Crippen LogP contribution in [0.2, 0.25) is 0 Å². The Morgan fingerprint density at radius 2 is 1.87 bits per heavy atom. The predicted molar refractivity (Wildman–Crippen MR) is 93.6 cm³/mol. The zero-order valence-electron chi connectivity index (χ0n) is 13.5. The van der Waals surface area contributed by atoms with E-state index >= 15 is 0 Å². The molecule has 0 fully saturated rings. The number of benzene rings is 1. The van der Waals surface area contributed by atoms with E-state index in [0.717, 1.165) is 35.5 Å². The van der Waals surface area contributed by atoms with Gasteiger partial charge in [-0.25, -0.2) is 0 Å². The zero-order chi connectivity index (χ0) is 16.4. The molecule has 1 aliphatic carbocycles. The van der Waals surface area contributed by atoms with Gasteiger partial charge in [-0.1, -0.05) is 24.3 Å². The average Bonchev–Trinajstić information content (AvgIpc) is 2.52. The number of hydrogen-bond donors (Lipinski definition) is 2. The Morgan fingerprint density at radius 3 is 2.61 bits per heavy atom.